The summed E-state index contributed by atoms with van der Waals surface area (Å²) in [5.74, 6) is -0.444. The van der Waals surface area contributed by atoms with Gasteiger partial charge in [-0.1, -0.05) is 18.2 Å². The van der Waals surface area contributed by atoms with Crippen molar-refractivity contribution in [3.63, 3.8) is 0 Å². The Bertz CT molecular complexity index is 515. The molecule has 1 aromatic carbocycles. The van der Waals surface area contributed by atoms with E-state index >= 15 is 0 Å². The van der Waals surface area contributed by atoms with Gasteiger partial charge in [0.05, 0.1) is 10.5 Å². The van der Waals surface area contributed by atoms with Gasteiger partial charge in [0.25, 0.3) is 0 Å². The molecule has 0 aromatic heterocycles. The Kier molecular flexibility index (Phi) is 6.01. The van der Waals surface area contributed by atoms with Crippen LogP contribution in [0.15, 0.2) is 39.8 Å². The molecule has 5 heteroatoms. The highest BCUT2D eigenvalue weighted by Crippen LogP contribution is 2.28. The van der Waals surface area contributed by atoms with Crippen molar-refractivity contribution >= 4 is 49.7 Å². The number of halogens is 2. The van der Waals surface area contributed by atoms with E-state index in [9.17, 15) is 9.59 Å². The van der Waals surface area contributed by atoms with E-state index in [1.807, 2.05) is 6.07 Å². The third-order valence-electron chi connectivity index (χ3n) is 2.12. The molecule has 94 valence electrons. The number of rotatable bonds is 4. The van der Waals surface area contributed by atoms with Crippen LogP contribution in [0, 0.1) is 0 Å². The average Bonchev–Trinajstić information content (AvgIpc) is 2.38. The number of benzene rings is 1. The fourth-order valence-electron chi connectivity index (χ4n) is 1.27. The predicted molar refractivity (Wildman–Crippen MR) is 77.8 cm³/mol. The molecule has 1 rings (SSSR count). The van der Waals surface area contributed by atoms with Crippen LogP contribution in [0.3, 0.4) is 0 Å². The molecule has 0 saturated heterocycles. The van der Waals surface area contributed by atoms with Gasteiger partial charge in [0.1, 0.15) is 6.29 Å². The fourth-order valence-corrected chi connectivity index (χ4v) is 1.99. The molecule has 0 aliphatic heterocycles. The van der Waals surface area contributed by atoms with E-state index in [2.05, 4.69) is 36.6 Å². The van der Waals surface area contributed by atoms with Crippen molar-refractivity contribution in [2.24, 2.45) is 0 Å². The summed E-state index contributed by atoms with van der Waals surface area (Å²) in [5.41, 5.74) is 2.12. The van der Waals surface area contributed by atoms with Crippen molar-refractivity contribution in [3.8, 4) is 0 Å². The summed E-state index contributed by atoms with van der Waals surface area (Å²) in [6, 6.07) is 7.05. The van der Waals surface area contributed by atoms with E-state index in [-0.39, 0.29) is 0 Å². The smallest absolute Gasteiger partial charge is 0.330 e. The maximum Gasteiger partial charge on any atom is 0.330 e. The Hall–Kier alpha value is -1.20. The Morgan fingerprint density at radius 3 is 2.56 bits per heavy atom. The number of aldehydes is 1. The molecule has 3 nitrogen and oxygen atoms in total. The normalized spacial score (nSPS) is 10.2. The van der Waals surface area contributed by atoms with Crippen molar-refractivity contribution in [1.82, 2.24) is 0 Å². The number of carbonyl (C=O) groups excluding carboxylic acids is 2. The minimum Gasteiger partial charge on any atom is -0.466 e. The third-order valence-corrected chi connectivity index (χ3v) is 2.98. The summed E-state index contributed by atoms with van der Waals surface area (Å²) in [7, 11) is 1.31. The van der Waals surface area contributed by atoms with Gasteiger partial charge < -0.3 is 4.74 Å². The molecule has 0 atom stereocenters. The molecule has 0 radical (unpaired) electrons. The number of hydrogen-bond acceptors (Lipinski definition) is 3. The number of esters is 1. The average molecular weight is 374 g/mol. The monoisotopic (exact) mass is 372 g/mol. The Balaban J connectivity index is 3.14. The van der Waals surface area contributed by atoms with Gasteiger partial charge >= 0.3 is 5.97 Å². The van der Waals surface area contributed by atoms with Crippen LogP contribution in [0.5, 0.6) is 0 Å². The molecule has 0 spiro atoms. The lowest BCUT2D eigenvalue weighted by Gasteiger charge is -2.04. The van der Waals surface area contributed by atoms with Crippen LogP contribution in [0.2, 0.25) is 0 Å². The van der Waals surface area contributed by atoms with Gasteiger partial charge in [0, 0.05) is 17.2 Å². The van der Waals surface area contributed by atoms with Crippen LogP contribution in [-0.4, -0.2) is 19.4 Å². The van der Waals surface area contributed by atoms with Crippen LogP contribution in [0.1, 0.15) is 15.9 Å². The SMILES string of the molecule is COC(=O)/C=C/C(=C(Br)Br)c1cccc(C=O)c1. The first-order valence-electron chi connectivity index (χ1n) is 4.95. The van der Waals surface area contributed by atoms with Crippen LogP contribution in [-0.2, 0) is 9.53 Å². The van der Waals surface area contributed by atoms with E-state index in [1.165, 1.54) is 13.2 Å². The molecular formula is C13H10Br2O3. The molecule has 0 amide bonds. The molecule has 0 fully saturated rings. The van der Waals surface area contributed by atoms with E-state index in [0.717, 1.165) is 17.4 Å². The Labute approximate surface area is 122 Å². The summed E-state index contributed by atoms with van der Waals surface area (Å²) in [6.45, 7) is 0. The van der Waals surface area contributed by atoms with Gasteiger partial charge in [-0.05, 0) is 49.6 Å². The van der Waals surface area contributed by atoms with Gasteiger partial charge in [-0.25, -0.2) is 4.79 Å². The minimum atomic E-state index is -0.444. The highest BCUT2D eigenvalue weighted by atomic mass is 79.9. The van der Waals surface area contributed by atoms with Crippen LogP contribution in [0.4, 0.5) is 0 Å². The lowest BCUT2D eigenvalue weighted by molar-refractivity contribution is -0.134. The predicted octanol–water partition coefficient (Wildman–Crippen LogP) is 3.69. The maximum absolute atomic E-state index is 11.1. The van der Waals surface area contributed by atoms with Gasteiger partial charge in [0.2, 0.25) is 0 Å². The number of allylic oxidation sites excluding steroid dienone is 2. The van der Waals surface area contributed by atoms with E-state index in [4.69, 9.17) is 0 Å². The van der Waals surface area contributed by atoms with Crippen molar-refractivity contribution in [1.29, 1.82) is 0 Å². The number of ether oxygens (including phenoxy) is 1. The van der Waals surface area contributed by atoms with E-state index in [1.54, 1.807) is 24.3 Å². The second-order valence-corrected chi connectivity index (χ2v) is 5.92. The van der Waals surface area contributed by atoms with Crippen LogP contribution in [0.25, 0.3) is 5.57 Å². The lowest BCUT2D eigenvalue weighted by Crippen LogP contribution is -1.94. The van der Waals surface area contributed by atoms with Crippen molar-refractivity contribution in [2.75, 3.05) is 7.11 Å². The first-order valence-corrected chi connectivity index (χ1v) is 6.54. The Morgan fingerprint density at radius 2 is 2.00 bits per heavy atom. The summed E-state index contributed by atoms with van der Waals surface area (Å²) in [5, 5.41) is 0. The minimum absolute atomic E-state index is 0.444. The molecule has 0 unspecified atom stereocenters. The zero-order chi connectivity index (χ0) is 13.5. The largest absolute Gasteiger partial charge is 0.466 e. The molecule has 0 aliphatic carbocycles. The second-order valence-electron chi connectivity index (χ2n) is 3.27. The molecule has 18 heavy (non-hydrogen) atoms. The standard InChI is InChI=1S/C13H10Br2O3/c1-18-12(17)6-5-11(13(14)15)10-4-2-3-9(7-10)8-16/h2-8H,1H3/b6-5+. The van der Waals surface area contributed by atoms with Gasteiger partial charge in [-0.2, -0.15) is 0 Å². The van der Waals surface area contributed by atoms with Gasteiger partial charge in [-0.15, -0.1) is 0 Å². The topological polar surface area (TPSA) is 43.4 Å². The van der Waals surface area contributed by atoms with E-state index in [0.29, 0.717) is 8.96 Å². The van der Waals surface area contributed by atoms with Crippen molar-refractivity contribution in [3.05, 3.63) is 50.9 Å². The molecule has 0 aliphatic rings. The van der Waals surface area contributed by atoms with Crippen molar-refractivity contribution in [2.45, 2.75) is 0 Å². The van der Waals surface area contributed by atoms with Crippen molar-refractivity contribution < 1.29 is 14.3 Å². The maximum atomic E-state index is 11.1. The summed E-state index contributed by atoms with van der Waals surface area (Å²) in [4.78, 5) is 21.8. The molecule has 0 N–H and O–H groups in total. The quantitative estimate of drug-likeness (QED) is 0.350. The zero-order valence-electron chi connectivity index (χ0n) is 9.52. The third kappa shape index (κ3) is 4.23. The summed E-state index contributed by atoms with van der Waals surface area (Å²) < 4.78 is 5.20. The highest BCUT2D eigenvalue weighted by Gasteiger charge is 2.04. The zero-order valence-corrected chi connectivity index (χ0v) is 12.7. The first kappa shape index (κ1) is 14.9. The number of hydrogen-bond donors (Lipinski definition) is 0. The van der Waals surface area contributed by atoms with Crippen LogP contribution < -0.4 is 0 Å². The molecule has 0 bridgehead atoms. The van der Waals surface area contributed by atoms with E-state index < -0.39 is 5.97 Å². The molecule has 0 saturated carbocycles. The van der Waals surface area contributed by atoms with Gasteiger partial charge in [0.15, 0.2) is 0 Å². The fraction of sp³-hybridized carbons (Fsp3) is 0.0769. The second kappa shape index (κ2) is 7.28. The lowest BCUT2D eigenvalue weighted by atomic mass is 10.0. The highest BCUT2D eigenvalue weighted by molar-refractivity contribution is 9.28. The molecule has 0 heterocycles. The van der Waals surface area contributed by atoms with Crippen LogP contribution >= 0.6 is 31.9 Å². The van der Waals surface area contributed by atoms with Gasteiger partial charge in [-0.3, -0.25) is 4.79 Å². The Morgan fingerprint density at radius 1 is 1.28 bits per heavy atom. The molecule has 1 aromatic rings. The summed E-state index contributed by atoms with van der Waals surface area (Å²) >= 11 is 6.60. The number of carbonyl (C=O) groups is 2. The first-order chi connectivity index (χ1) is 8.58. The number of methoxy groups -OCH3 is 1. The molecular weight excluding hydrogens is 364 g/mol. The summed E-state index contributed by atoms with van der Waals surface area (Å²) in [6.07, 6.45) is 3.69.